The van der Waals surface area contributed by atoms with Crippen LogP contribution in [0, 0.1) is 0 Å². The zero-order valence-corrected chi connectivity index (χ0v) is 10.4. The molecule has 1 heterocycles. The largest absolute Gasteiger partial charge is 0.493 e. The molecule has 100 valence electrons. The molecule has 0 aliphatic rings. The summed E-state index contributed by atoms with van der Waals surface area (Å²) in [6.07, 6.45) is 1.50. The lowest BCUT2D eigenvalue weighted by Gasteiger charge is -2.13. The number of rotatable bonds is 4. The molecule has 0 bridgehead atoms. The van der Waals surface area contributed by atoms with E-state index < -0.39 is 5.97 Å². The second-order valence-corrected chi connectivity index (χ2v) is 3.76. The van der Waals surface area contributed by atoms with Crippen LogP contribution in [0.4, 0.5) is 5.82 Å². The molecule has 0 atom stereocenters. The monoisotopic (exact) mass is 263 g/mol. The highest BCUT2D eigenvalue weighted by Gasteiger charge is 2.19. The van der Waals surface area contributed by atoms with Gasteiger partial charge in [0.15, 0.2) is 11.5 Å². The van der Waals surface area contributed by atoms with Crippen LogP contribution < -0.4 is 15.2 Å². The predicted molar refractivity (Wildman–Crippen MR) is 68.5 cm³/mol. The normalized spacial score (nSPS) is 10.2. The van der Waals surface area contributed by atoms with Gasteiger partial charge < -0.3 is 20.3 Å². The van der Waals surface area contributed by atoms with E-state index in [-0.39, 0.29) is 5.56 Å². The van der Waals surface area contributed by atoms with Gasteiger partial charge in [-0.3, -0.25) is 5.10 Å². The van der Waals surface area contributed by atoms with Gasteiger partial charge in [-0.2, -0.15) is 5.10 Å². The van der Waals surface area contributed by atoms with E-state index in [9.17, 15) is 4.79 Å². The third kappa shape index (κ3) is 2.17. The summed E-state index contributed by atoms with van der Waals surface area (Å²) >= 11 is 0. The molecule has 0 saturated heterocycles. The van der Waals surface area contributed by atoms with E-state index in [4.69, 9.17) is 20.3 Å². The van der Waals surface area contributed by atoms with Gasteiger partial charge in [0.05, 0.1) is 26.0 Å². The maximum atomic E-state index is 11.1. The zero-order valence-electron chi connectivity index (χ0n) is 10.4. The number of H-pyrrole nitrogens is 1. The fourth-order valence-corrected chi connectivity index (χ4v) is 1.80. The molecule has 0 radical (unpaired) electrons. The number of nitrogens with zero attached hydrogens (tertiary/aromatic N) is 1. The minimum Gasteiger partial charge on any atom is -0.493 e. The Kier molecular flexibility index (Phi) is 3.28. The number of anilines is 1. The highest BCUT2D eigenvalue weighted by atomic mass is 16.5. The van der Waals surface area contributed by atoms with Crippen molar-refractivity contribution in [1.82, 2.24) is 10.2 Å². The minimum atomic E-state index is -1.07. The van der Waals surface area contributed by atoms with E-state index in [1.54, 1.807) is 0 Å². The summed E-state index contributed by atoms with van der Waals surface area (Å²) in [5.74, 6) is -0.0224. The molecule has 2 rings (SSSR count). The molecular formula is C12H13N3O4. The molecule has 2 aromatic rings. The van der Waals surface area contributed by atoms with Crippen LogP contribution in [0.15, 0.2) is 18.3 Å². The number of carbonyl (C=O) groups is 1. The van der Waals surface area contributed by atoms with Crippen molar-refractivity contribution in [2.45, 2.75) is 0 Å². The number of aromatic nitrogens is 2. The van der Waals surface area contributed by atoms with Gasteiger partial charge in [0, 0.05) is 11.1 Å². The molecule has 0 fully saturated rings. The second kappa shape index (κ2) is 4.89. The Morgan fingerprint density at radius 2 is 2.05 bits per heavy atom. The number of aromatic carboxylic acids is 1. The first kappa shape index (κ1) is 12.7. The zero-order chi connectivity index (χ0) is 14.0. The first-order valence-electron chi connectivity index (χ1n) is 5.37. The van der Waals surface area contributed by atoms with Gasteiger partial charge in [-0.1, -0.05) is 0 Å². The van der Waals surface area contributed by atoms with Crippen LogP contribution in [0.3, 0.4) is 0 Å². The predicted octanol–water partition coefficient (Wildman–Crippen LogP) is 1.37. The number of carboxylic acids is 1. The van der Waals surface area contributed by atoms with Crippen molar-refractivity contribution in [1.29, 1.82) is 0 Å². The number of nitrogens with two attached hydrogens (primary N) is 1. The van der Waals surface area contributed by atoms with Crippen LogP contribution in [0.25, 0.3) is 11.1 Å². The number of methoxy groups -OCH3 is 2. The van der Waals surface area contributed by atoms with Crippen molar-refractivity contribution in [3.63, 3.8) is 0 Å². The van der Waals surface area contributed by atoms with Crippen molar-refractivity contribution < 1.29 is 19.4 Å². The first-order valence-corrected chi connectivity index (χ1v) is 5.37. The average Bonchev–Trinajstić information content (AvgIpc) is 2.82. The molecule has 7 heteroatoms. The summed E-state index contributed by atoms with van der Waals surface area (Å²) < 4.78 is 10.4. The number of ether oxygens (including phenoxy) is 2. The van der Waals surface area contributed by atoms with Gasteiger partial charge in [0.1, 0.15) is 5.82 Å². The minimum absolute atomic E-state index is 0.0771. The second-order valence-electron chi connectivity index (χ2n) is 3.76. The van der Waals surface area contributed by atoms with Crippen LogP contribution in [0.1, 0.15) is 10.4 Å². The Labute approximate surface area is 109 Å². The third-order valence-electron chi connectivity index (χ3n) is 2.68. The van der Waals surface area contributed by atoms with Crippen LogP contribution >= 0.6 is 0 Å². The molecule has 0 spiro atoms. The Bertz CT molecular complexity index is 621. The van der Waals surface area contributed by atoms with E-state index in [2.05, 4.69) is 10.2 Å². The van der Waals surface area contributed by atoms with Crippen molar-refractivity contribution in [2.24, 2.45) is 0 Å². The number of hydrogen-bond donors (Lipinski definition) is 3. The molecular weight excluding hydrogens is 250 g/mol. The fourth-order valence-electron chi connectivity index (χ4n) is 1.80. The highest BCUT2D eigenvalue weighted by molar-refractivity contribution is 5.93. The van der Waals surface area contributed by atoms with E-state index in [0.29, 0.717) is 28.4 Å². The molecule has 19 heavy (non-hydrogen) atoms. The lowest BCUT2D eigenvalue weighted by molar-refractivity contribution is 0.0696. The van der Waals surface area contributed by atoms with E-state index >= 15 is 0 Å². The molecule has 1 aromatic carbocycles. The summed E-state index contributed by atoms with van der Waals surface area (Å²) in [5.41, 5.74) is 6.89. The first-order chi connectivity index (χ1) is 9.08. The van der Waals surface area contributed by atoms with Crippen LogP contribution in [-0.4, -0.2) is 35.5 Å². The maximum absolute atomic E-state index is 11.1. The summed E-state index contributed by atoms with van der Waals surface area (Å²) in [7, 11) is 2.91. The summed E-state index contributed by atoms with van der Waals surface area (Å²) in [4.78, 5) is 11.1. The lowest BCUT2D eigenvalue weighted by Crippen LogP contribution is -2.01. The molecule has 0 amide bonds. The van der Waals surface area contributed by atoms with Crippen LogP contribution in [0.5, 0.6) is 11.5 Å². The quantitative estimate of drug-likeness (QED) is 0.768. The third-order valence-corrected chi connectivity index (χ3v) is 2.68. The van der Waals surface area contributed by atoms with Crippen LogP contribution in [0.2, 0.25) is 0 Å². The molecule has 0 aliphatic carbocycles. The SMILES string of the molecule is COc1cc(C(=O)O)cc(-c2cn[nH]c2N)c1OC. The Hall–Kier alpha value is -2.70. The van der Waals surface area contributed by atoms with Crippen molar-refractivity contribution in [3.8, 4) is 22.6 Å². The molecule has 0 aliphatic heterocycles. The van der Waals surface area contributed by atoms with Gasteiger partial charge in [-0.15, -0.1) is 0 Å². The smallest absolute Gasteiger partial charge is 0.335 e. The number of aromatic amines is 1. The summed E-state index contributed by atoms with van der Waals surface area (Å²) in [5, 5.41) is 15.5. The van der Waals surface area contributed by atoms with Gasteiger partial charge >= 0.3 is 5.97 Å². The van der Waals surface area contributed by atoms with Gasteiger partial charge in [-0.25, -0.2) is 4.79 Å². The van der Waals surface area contributed by atoms with Crippen LogP contribution in [-0.2, 0) is 0 Å². The Balaban J connectivity index is 2.73. The molecule has 1 aromatic heterocycles. The standard InChI is InChI=1S/C12H13N3O4/c1-18-9-4-6(12(16)17)3-7(10(9)19-2)8-5-14-15-11(8)13/h3-5H,1-2H3,(H,16,17)(H3,13,14,15). The number of nitrogens with one attached hydrogen (secondary N) is 1. The highest BCUT2D eigenvalue weighted by Crippen LogP contribution is 2.40. The summed E-state index contributed by atoms with van der Waals surface area (Å²) in [6, 6.07) is 2.85. The number of carboxylic acid groups (broad SMARTS) is 1. The topological polar surface area (TPSA) is 110 Å². The fraction of sp³-hybridized carbons (Fsp3) is 0.167. The van der Waals surface area contributed by atoms with E-state index in [1.165, 1.54) is 32.5 Å². The molecule has 0 unspecified atom stereocenters. The van der Waals surface area contributed by atoms with E-state index in [0.717, 1.165) is 0 Å². The number of benzene rings is 1. The van der Waals surface area contributed by atoms with E-state index in [1.807, 2.05) is 0 Å². The van der Waals surface area contributed by atoms with Gasteiger partial charge in [0.2, 0.25) is 0 Å². The number of nitrogen functional groups attached to an aromatic ring is 1. The van der Waals surface area contributed by atoms with Crippen molar-refractivity contribution >= 4 is 11.8 Å². The number of hydrogen-bond acceptors (Lipinski definition) is 5. The van der Waals surface area contributed by atoms with Gasteiger partial charge in [-0.05, 0) is 12.1 Å². The molecule has 4 N–H and O–H groups in total. The summed E-state index contributed by atoms with van der Waals surface area (Å²) in [6.45, 7) is 0. The van der Waals surface area contributed by atoms with Crippen molar-refractivity contribution in [2.75, 3.05) is 20.0 Å². The Morgan fingerprint density at radius 3 is 2.53 bits per heavy atom. The van der Waals surface area contributed by atoms with Crippen molar-refractivity contribution in [3.05, 3.63) is 23.9 Å². The average molecular weight is 263 g/mol. The van der Waals surface area contributed by atoms with Gasteiger partial charge in [0.25, 0.3) is 0 Å². The Morgan fingerprint density at radius 1 is 1.32 bits per heavy atom. The lowest BCUT2D eigenvalue weighted by atomic mass is 10.0. The molecule has 0 saturated carbocycles. The molecule has 7 nitrogen and oxygen atoms in total. The maximum Gasteiger partial charge on any atom is 0.335 e.